The number of benzene rings is 1. The van der Waals surface area contributed by atoms with Gasteiger partial charge in [0, 0.05) is 12.6 Å². The third-order valence-electron chi connectivity index (χ3n) is 4.44. The molecule has 3 nitrogen and oxygen atoms in total. The van der Waals surface area contributed by atoms with E-state index in [-0.39, 0.29) is 5.60 Å². The first-order chi connectivity index (χ1) is 9.59. The number of hydrogen-bond donors (Lipinski definition) is 1. The zero-order chi connectivity index (χ0) is 14.6. The van der Waals surface area contributed by atoms with Crippen LogP contribution in [0.2, 0.25) is 0 Å². The lowest BCUT2D eigenvalue weighted by Gasteiger charge is -2.40. The number of rotatable bonds is 5. The molecule has 1 saturated heterocycles. The van der Waals surface area contributed by atoms with Crippen molar-refractivity contribution in [2.75, 3.05) is 20.8 Å². The molecule has 1 aromatic rings. The van der Waals surface area contributed by atoms with Gasteiger partial charge < -0.3 is 14.8 Å². The van der Waals surface area contributed by atoms with Gasteiger partial charge in [0.25, 0.3) is 0 Å². The van der Waals surface area contributed by atoms with Crippen LogP contribution in [-0.4, -0.2) is 32.4 Å². The molecule has 2 atom stereocenters. The minimum atomic E-state index is -0.0816. The first-order valence-electron chi connectivity index (χ1n) is 7.54. The Bertz CT molecular complexity index is 439. The number of aryl methyl sites for hydroxylation is 1. The van der Waals surface area contributed by atoms with Crippen molar-refractivity contribution in [3.05, 3.63) is 29.3 Å². The van der Waals surface area contributed by atoms with Crippen LogP contribution in [0, 0.1) is 6.92 Å². The summed E-state index contributed by atoms with van der Waals surface area (Å²) in [5.74, 6) is 0.968. The summed E-state index contributed by atoms with van der Waals surface area (Å²) in [6, 6.07) is 6.67. The van der Waals surface area contributed by atoms with Crippen LogP contribution >= 0.6 is 0 Å². The zero-order valence-corrected chi connectivity index (χ0v) is 13.2. The summed E-state index contributed by atoms with van der Waals surface area (Å²) in [6.45, 7) is 5.23. The van der Waals surface area contributed by atoms with E-state index in [0.29, 0.717) is 6.04 Å². The topological polar surface area (TPSA) is 30.5 Å². The van der Waals surface area contributed by atoms with Gasteiger partial charge in [0.1, 0.15) is 5.75 Å². The van der Waals surface area contributed by atoms with Crippen LogP contribution in [0.15, 0.2) is 18.2 Å². The van der Waals surface area contributed by atoms with Crippen molar-refractivity contribution in [3.63, 3.8) is 0 Å². The predicted molar refractivity (Wildman–Crippen MR) is 82.5 cm³/mol. The van der Waals surface area contributed by atoms with E-state index in [9.17, 15) is 0 Å². The molecule has 1 aliphatic rings. The minimum absolute atomic E-state index is 0.0816. The van der Waals surface area contributed by atoms with Gasteiger partial charge in [-0.05, 0) is 58.2 Å². The quantitative estimate of drug-likeness (QED) is 0.897. The molecule has 0 aliphatic carbocycles. The van der Waals surface area contributed by atoms with Gasteiger partial charge in [-0.3, -0.25) is 0 Å². The van der Waals surface area contributed by atoms with Gasteiger partial charge in [-0.1, -0.05) is 17.7 Å². The Morgan fingerprint density at radius 3 is 2.80 bits per heavy atom. The summed E-state index contributed by atoms with van der Waals surface area (Å²) in [4.78, 5) is 0. The van der Waals surface area contributed by atoms with Crippen molar-refractivity contribution in [3.8, 4) is 5.75 Å². The van der Waals surface area contributed by atoms with Crippen molar-refractivity contribution >= 4 is 0 Å². The van der Waals surface area contributed by atoms with Gasteiger partial charge in [0.2, 0.25) is 0 Å². The fourth-order valence-corrected chi connectivity index (χ4v) is 3.14. The molecular weight excluding hydrogens is 250 g/mol. The summed E-state index contributed by atoms with van der Waals surface area (Å²) in [5, 5.41) is 3.45. The highest BCUT2D eigenvalue weighted by Crippen LogP contribution is 2.31. The molecule has 0 bridgehead atoms. The monoisotopic (exact) mass is 277 g/mol. The smallest absolute Gasteiger partial charge is 0.122 e. The van der Waals surface area contributed by atoms with Crippen molar-refractivity contribution in [2.24, 2.45) is 0 Å². The Hall–Kier alpha value is -1.06. The lowest BCUT2D eigenvalue weighted by molar-refractivity contribution is -0.0871. The maximum atomic E-state index is 6.09. The normalized spacial score (nSPS) is 24.4. The Balaban J connectivity index is 2.19. The second-order valence-corrected chi connectivity index (χ2v) is 5.98. The van der Waals surface area contributed by atoms with E-state index in [1.807, 2.05) is 7.05 Å². The molecule has 0 amide bonds. The van der Waals surface area contributed by atoms with Gasteiger partial charge in [-0.15, -0.1) is 0 Å². The summed E-state index contributed by atoms with van der Waals surface area (Å²) in [7, 11) is 3.76. The second kappa shape index (κ2) is 6.59. The lowest BCUT2D eigenvalue weighted by atomic mass is 9.84. The molecule has 0 aromatic heterocycles. The Morgan fingerprint density at radius 2 is 2.20 bits per heavy atom. The lowest BCUT2D eigenvalue weighted by Crippen LogP contribution is -2.52. The molecule has 20 heavy (non-hydrogen) atoms. The summed E-state index contributed by atoms with van der Waals surface area (Å²) in [6.07, 6.45) is 4.48. The zero-order valence-electron chi connectivity index (χ0n) is 13.2. The molecular formula is C17H27NO2. The second-order valence-electron chi connectivity index (χ2n) is 5.98. The van der Waals surface area contributed by atoms with Crippen LogP contribution < -0.4 is 10.1 Å². The molecule has 0 saturated carbocycles. The van der Waals surface area contributed by atoms with Gasteiger partial charge in [0.05, 0.1) is 12.7 Å². The van der Waals surface area contributed by atoms with E-state index in [0.717, 1.165) is 25.2 Å². The van der Waals surface area contributed by atoms with Crippen molar-refractivity contribution in [1.29, 1.82) is 0 Å². The molecule has 1 aromatic carbocycles. The molecule has 1 aliphatic heterocycles. The standard InChI is InChI=1S/C17H27NO2/c1-13-7-8-15(19-4)14(11-13)12-16(18-3)17(2)9-5-6-10-20-17/h7-8,11,16,18H,5-6,9-10,12H2,1-4H3. The highest BCUT2D eigenvalue weighted by molar-refractivity contribution is 5.37. The maximum absolute atomic E-state index is 6.09. The SMILES string of the molecule is CNC(Cc1cc(C)ccc1OC)C1(C)CCCCO1. The van der Waals surface area contributed by atoms with Gasteiger partial charge >= 0.3 is 0 Å². The van der Waals surface area contributed by atoms with Gasteiger partial charge in [-0.25, -0.2) is 0 Å². The van der Waals surface area contributed by atoms with E-state index in [2.05, 4.69) is 37.4 Å². The fraction of sp³-hybridized carbons (Fsp3) is 0.647. The predicted octanol–water partition coefficient (Wildman–Crippen LogP) is 3.09. The van der Waals surface area contributed by atoms with Crippen molar-refractivity contribution < 1.29 is 9.47 Å². The highest BCUT2D eigenvalue weighted by Gasteiger charge is 2.36. The van der Waals surface area contributed by atoms with Crippen LogP contribution in [0.1, 0.15) is 37.3 Å². The van der Waals surface area contributed by atoms with Gasteiger partial charge in [0.15, 0.2) is 0 Å². The average molecular weight is 277 g/mol. The number of likely N-dealkylation sites (N-methyl/N-ethyl adjacent to an activating group) is 1. The van der Waals surface area contributed by atoms with E-state index >= 15 is 0 Å². The number of hydrogen-bond acceptors (Lipinski definition) is 3. The molecule has 1 heterocycles. The number of methoxy groups -OCH3 is 1. The molecule has 0 spiro atoms. The average Bonchev–Trinajstić information content (AvgIpc) is 2.45. The van der Waals surface area contributed by atoms with E-state index in [1.165, 1.54) is 24.0 Å². The number of ether oxygens (including phenoxy) is 2. The first-order valence-corrected chi connectivity index (χ1v) is 7.54. The Labute approximate surface area is 122 Å². The fourth-order valence-electron chi connectivity index (χ4n) is 3.14. The van der Waals surface area contributed by atoms with E-state index in [1.54, 1.807) is 7.11 Å². The van der Waals surface area contributed by atoms with Crippen LogP contribution in [0.3, 0.4) is 0 Å². The molecule has 112 valence electrons. The highest BCUT2D eigenvalue weighted by atomic mass is 16.5. The Kier molecular flexibility index (Phi) is 5.06. The number of nitrogens with one attached hydrogen (secondary N) is 1. The van der Waals surface area contributed by atoms with E-state index < -0.39 is 0 Å². The first kappa shape index (κ1) is 15.3. The molecule has 3 heteroatoms. The largest absolute Gasteiger partial charge is 0.496 e. The molecule has 1 fully saturated rings. The minimum Gasteiger partial charge on any atom is -0.496 e. The van der Waals surface area contributed by atoms with Gasteiger partial charge in [-0.2, -0.15) is 0 Å². The maximum Gasteiger partial charge on any atom is 0.122 e. The van der Waals surface area contributed by atoms with Crippen LogP contribution in [-0.2, 0) is 11.2 Å². The summed E-state index contributed by atoms with van der Waals surface area (Å²) in [5.41, 5.74) is 2.44. The van der Waals surface area contributed by atoms with E-state index in [4.69, 9.17) is 9.47 Å². The summed E-state index contributed by atoms with van der Waals surface area (Å²) >= 11 is 0. The third-order valence-corrected chi connectivity index (χ3v) is 4.44. The van der Waals surface area contributed by atoms with Crippen LogP contribution in [0.5, 0.6) is 5.75 Å². The van der Waals surface area contributed by atoms with Crippen LogP contribution in [0.25, 0.3) is 0 Å². The molecule has 0 radical (unpaired) electrons. The van der Waals surface area contributed by atoms with Crippen molar-refractivity contribution in [1.82, 2.24) is 5.32 Å². The molecule has 2 rings (SSSR count). The summed E-state index contributed by atoms with van der Waals surface area (Å²) < 4.78 is 11.6. The van der Waals surface area contributed by atoms with Crippen LogP contribution in [0.4, 0.5) is 0 Å². The molecule has 1 N–H and O–H groups in total. The van der Waals surface area contributed by atoms with Crippen molar-refractivity contribution in [2.45, 2.75) is 51.2 Å². The Morgan fingerprint density at radius 1 is 1.40 bits per heavy atom. The molecule has 2 unspecified atom stereocenters. The third kappa shape index (κ3) is 3.33.